The van der Waals surface area contributed by atoms with Crippen LogP contribution in [-0.4, -0.2) is 23.2 Å². The zero-order valence-corrected chi connectivity index (χ0v) is 13.0. The van der Waals surface area contributed by atoms with E-state index in [1.807, 2.05) is 18.2 Å². The monoisotopic (exact) mass is 305 g/mol. The van der Waals surface area contributed by atoms with Gasteiger partial charge in [0, 0.05) is 5.92 Å². The quantitative estimate of drug-likeness (QED) is 0.930. The molecule has 3 unspecified atom stereocenters. The summed E-state index contributed by atoms with van der Waals surface area (Å²) in [5.41, 5.74) is 0.930. The standard InChI is InChI=1S/C16H19NO3S/c1-3-9-6-11(12(7-9)16(18)19)15-17-13-5-4-10(20-2)8-14(13)21-15/h4-5,8-9,11-12H,3,6-7H2,1-2H3,(H,18,19). The number of carboxylic acid groups (broad SMARTS) is 1. The van der Waals surface area contributed by atoms with Crippen molar-refractivity contribution in [2.24, 2.45) is 11.8 Å². The van der Waals surface area contributed by atoms with Crippen molar-refractivity contribution in [3.63, 3.8) is 0 Å². The number of carboxylic acids is 1. The predicted molar refractivity (Wildman–Crippen MR) is 83.1 cm³/mol. The lowest BCUT2D eigenvalue weighted by Crippen LogP contribution is -2.16. The van der Waals surface area contributed by atoms with E-state index in [1.54, 1.807) is 18.4 Å². The summed E-state index contributed by atoms with van der Waals surface area (Å²) >= 11 is 1.60. The molecule has 1 aliphatic rings. The molecule has 2 aromatic rings. The van der Waals surface area contributed by atoms with Gasteiger partial charge in [0.25, 0.3) is 0 Å². The number of hydrogen-bond donors (Lipinski definition) is 1. The van der Waals surface area contributed by atoms with Crippen LogP contribution in [0.25, 0.3) is 10.2 Å². The molecule has 1 saturated carbocycles. The number of thiazole rings is 1. The van der Waals surface area contributed by atoms with Crippen LogP contribution in [0.3, 0.4) is 0 Å². The van der Waals surface area contributed by atoms with E-state index in [9.17, 15) is 9.90 Å². The average molecular weight is 305 g/mol. The molecular weight excluding hydrogens is 286 g/mol. The van der Waals surface area contributed by atoms with Gasteiger partial charge < -0.3 is 9.84 Å². The maximum Gasteiger partial charge on any atom is 0.307 e. The Bertz CT molecular complexity index is 667. The Morgan fingerprint density at radius 1 is 1.48 bits per heavy atom. The number of rotatable bonds is 4. The fourth-order valence-corrected chi connectivity index (χ4v) is 4.41. The van der Waals surface area contributed by atoms with Crippen molar-refractivity contribution in [2.75, 3.05) is 7.11 Å². The van der Waals surface area contributed by atoms with E-state index in [-0.39, 0.29) is 11.8 Å². The van der Waals surface area contributed by atoms with E-state index in [0.29, 0.717) is 5.92 Å². The highest BCUT2D eigenvalue weighted by Gasteiger charge is 2.40. The largest absolute Gasteiger partial charge is 0.497 e. The van der Waals surface area contributed by atoms with Gasteiger partial charge in [-0.05, 0) is 37.0 Å². The molecule has 1 N–H and O–H groups in total. The van der Waals surface area contributed by atoms with Gasteiger partial charge in [0.2, 0.25) is 0 Å². The number of carbonyl (C=O) groups is 1. The molecule has 1 heterocycles. The zero-order chi connectivity index (χ0) is 15.0. The van der Waals surface area contributed by atoms with Crippen LogP contribution in [0.2, 0.25) is 0 Å². The Labute approximate surface area is 127 Å². The number of nitrogens with zero attached hydrogens (tertiary/aromatic N) is 1. The van der Waals surface area contributed by atoms with Crippen LogP contribution in [0, 0.1) is 11.8 Å². The van der Waals surface area contributed by atoms with Crippen molar-refractivity contribution in [3.05, 3.63) is 23.2 Å². The Morgan fingerprint density at radius 3 is 2.95 bits per heavy atom. The minimum absolute atomic E-state index is 0.0517. The molecule has 0 spiro atoms. The first-order valence-electron chi connectivity index (χ1n) is 7.29. The van der Waals surface area contributed by atoms with Crippen LogP contribution in [0.1, 0.15) is 37.1 Å². The average Bonchev–Trinajstić information content (AvgIpc) is 3.09. The van der Waals surface area contributed by atoms with Gasteiger partial charge in [-0.3, -0.25) is 4.79 Å². The summed E-state index contributed by atoms with van der Waals surface area (Å²) in [5.74, 6) is 0.379. The topological polar surface area (TPSA) is 59.4 Å². The van der Waals surface area contributed by atoms with Crippen molar-refractivity contribution in [1.82, 2.24) is 4.98 Å². The zero-order valence-electron chi connectivity index (χ0n) is 12.2. The van der Waals surface area contributed by atoms with Crippen molar-refractivity contribution >= 4 is 27.5 Å². The molecular formula is C16H19NO3S. The lowest BCUT2D eigenvalue weighted by Gasteiger charge is -2.11. The molecule has 0 amide bonds. The minimum atomic E-state index is -0.687. The van der Waals surface area contributed by atoms with Crippen LogP contribution in [0.5, 0.6) is 5.75 Å². The molecule has 3 atom stereocenters. The minimum Gasteiger partial charge on any atom is -0.497 e. The second kappa shape index (κ2) is 5.64. The highest BCUT2D eigenvalue weighted by Crippen LogP contribution is 2.46. The molecule has 21 heavy (non-hydrogen) atoms. The molecule has 3 rings (SSSR count). The van der Waals surface area contributed by atoms with Gasteiger partial charge in [-0.2, -0.15) is 0 Å². The third-order valence-electron chi connectivity index (χ3n) is 4.48. The first kappa shape index (κ1) is 14.3. The molecule has 112 valence electrons. The maximum atomic E-state index is 11.5. The van der Waals surface area contributed by atoms with Crippen LogP contribution < -0.4 is 4.74 Å². The Hall–Kier alpha value is -1.62. The number of methoxy groups -OCH3 is 1. The fourth-order valence-electron chi connectivity index (χ4n) is 3.23. The number of aliphatic carboxylic acids is 1. The van der Waals surface area contributed by atoms with E-state index in [0.717, 1.165) is 40.2 Å². The third-order valence-corrected chi connectivity index (χ3v) is 5.63. The molecule has 0 bridgehead atoms. The number of hydrogen-bond acceptors (Lipinski definition) is 4. The number of ether oxygens (including phenoxy) is 1. The summed E-state index contributed by atoms with van der Waals surface area (Å²) in [5, 5.41) is 10.4. The fraction of sp³-hybridized carbons (Fsp3) is 0.500. The summed E-state index contributed by atoms with van der Waals surface area (Å²) < 4.78 is 6.30. The molecule has 0 saturated heterocycles. The first-order chi connectivity index (χ1) is 10.1. The van der Waals surface area contributed by atoms with Gasteiger partial charge >= 0.3 is 5.97 Å². The number of aromatic nitrogens is 1. The van der Waals surface area contributed by atoms with Crippen molar-refractivity contribution in [1.29, 1.82) is 0 Å². The smallest absolute Gasteiger partial charge is 0.307 e. The Balaban J connectivity index is 1.96. The summed E-state index contributed by atoms with van der Waals surface area (Å²) in [7, 11) is 1.65. The predicted octanol–water partition coefficient (Wildman–Crippen LogP) is 3.91. The molecule has 1 aromatic carbocycles. The SMILES string of the molecule is CCC1CC(C(=O)O)C(c2nc3ccc(OC)cc3s2)C1. The Kier molecular flexibility index (Phi) is 3.85. The normalized spacial score (nSPS) is 25.3. The molecule has 0 aliphatic heterocycles. The van der Waals surface area contributed by atoms with Crippen molar-refractivity contribution in [2.45, 2.75) is 32.1 Å². The first-order valence-corrected chi connectivity index (χ1v) is 8.11. The number of benzene rings is 1. The van der Waals surface area contributed by atoms with E-state index in [1.165, 1.54) is 0 Å². The van der Waals surface area contributed by atoms with E-state index >= 15 is 0 Å². The summed E-state index contributed by atoms with van der Waals surface area (Å²) in [6.07, 6.45) is 2.75. The second-order valence-corrected chi connectivity index (χ2v) is 6.74. The van der Waals surface area contributed by atoms with Crippen LogP contribution in [-0.2, 0) is 4.79 Å². The van der Waals surface area contributed by atoms with Gasteiger partial charge in [0.15, 0.2) is 0 Å². The van der Waals surface area contributed by atoms with Gasteiger partial charge in [-0.1, -0.05) is 13.3 Å². The van der Waals surface area contributed by atoms with E-state index in [2.05, 4.69) is 11.9 Å². The highest BCUT2D eigenvalue weighted by atomic mass is 32.1. The molecule has 4 nitrogen and oxygen atoms in total. The van der Waals surface area contributed by atoms with E-state index in [4.69, 9.17) is 4.74 Å². The Morgan fingerprint density at radius 2 is 2.29 bits per heavy atom. The van der Waals surface area contributed by atoms with Crippen LogP contribution >= 0.6 is 11.3 Å². The molecule has 1 aliphatic carbocycles. The highest BCUT2D eigenvalue weighted by molar-refractivity contribution is 7.18. The van der Waals surface area contributed by atoms with Crippen LogP contribution in [0.4, 0.5) is 0 Å². The van der Waals surface area contributed by atoms with Gasteiger partial charge in [0.05, 0.1) is 28.3 Å². The molecule has 1 aromatic heterocycles. The summed E-state index contributed by atoms with van der Waals surface area (Å²) in [4.78, 5) is 16.2. The van der Waals surface area contributed by atoms with Crippen molar-refractivity contribution in [3.8, 4) is 5.75 Å². The molecule has 1 fully saturated rings. The molecule has 0 radical (unpaired) electrons. The molecule has 5 heteroatoms. The van der Waals surface area contributed by atoms with Gasteiger partial charge in [0.1, 0.15) is 5.75 Å². The summed E-state index contributed by atoms with van der Waals surface area (Å²) in [6.45, 7) is 2.13. The maximum absolute atomic E-state index is 11.5. The van der Waals surface area contributed by atoms with Gasteiger partial charge in [-0.25, -0.2) is 4.98 Å². The lowest BCUT2D eigenvalue weighted by atomic mass is 9.97. The lowest BCUT2D eigenvalue weighted by molar-refractivity contribution is -0.142. The second-order valence-electron chi connectivity index (χ2n) is 5.68. The third kappa shape index (κ3) is 2.62. The van der Waals surface area contributed by atoms with Crippen molar-refractivity contribution < 1.29 is 14.6 Å². The van der Waals surface area contributed by atoms with Gasteiger partial charge in [-0.15, -0.1) is 11.3 Å². The van der Waals surface area contributed by atoms with Crippen LogP contribution in [0.15, 0.2) is 18.2 Å². The van der Waals surface area contributed by atoms with E-state index < -0.39 is 5.97 Å². The number of fused-ring (bicyclic) bond motifs is 1. The summed E-state index contributed by atoms with van der Waals surface area (Å²) in [6, 6.07) is 5.80.